The number of aliphatic hydroxyl groups excluding tert-OH is 1. The summed E-state index contributed by atoms with van der Waals surface area (Å²) in [5, 5.41) is 12.9. The van der Waals surface area contributed by atoms with Crippen molar-refractivity contribution in [3.8, 4) is 0 Å². The quantitative estimate of drug-likeness (QED) is 0.631. The Morgan fingerprint density at radius 3 is 3.10 bits per heavy atom. The molecule has 3 heteroatoms. The third-order valence-electron chi connectivity index (χ3n) is 1.81. The van der Waals surface area contributed by atoms with E-state index in [4.69, 9.17) is 0 Å². The summed E-state index contributed by atoms with van der Waals surface area (Å²) in [4.78, 5) is 0. The average molecular weight is 161 g/mol. The molecule has 0 aliphatic carbocycles. The van der Waals surface area contributed by atoms with Crippen LogP contribution in [0.3, 0.4) is 0 Å². The zero-order valence-electron chi connectivity index (χ0n) is 6.34. The number of hydrogen-bond donors (Lipinski definition) is 2. The number of aliphatic hydroxyl groups is 1. The second-order valence-electron chi connectivity index (χ2n) is 2.68. The smallest absolute Gasteiger partial charge is 0.0782 e. The first kappa shape index (κ1) is 8.37. The van der Waals surface area contributed by atoms with E-state index in [1.807, 2.05) is 18.8 Å². The molecular weight excluding hydrogens is 146 g/mol. The fourth-order valence-corrected chi connectivity index (χ4v) is 2.53. The minimum atomic E-state index is -0.141. The maximum absolute atomic E-state index is 9.47. The molecular formula is C7H15NOS. The minimum absolute atomic E-state index is 0.141. The molecule has 2 nitrogen and oxygen atoms in total. The van der Waals surface area contributed by atoms with Crippen LogP contribution in [0.2, 0.25) is 0 Å². The van der Waals surface area contributed by atoms with Gasteiger partial charge in [0.25, 0.3) is 0 Å². The average Bonchev–Trinajstić information content (AvgIpc) is 2.38. The Labute approximate surface area is 66.4 Å². The van der Waals surface area contributed by atoms with Crippen molar-refractivity contribution in [1.29, 1.82) is 0 Å². The van der Waals surface area contributed by atoms with Gasteiger partial charge in [0.2, 0.25) is 0 Å². The molecule has 2 unspecified atom stereocenters. The Balaban J connectivity index is 2.18. The van der Waals surface area contributed by atoms with Crippen molar-refractivity contribution in [2.45, 2.75) is 24.2 Å². The molecule has 10 heavy (non-hydrogen) atoms. The third-order valence-corrected chi connectivity index (χ3v) is 3.31. The normalized spacial score (nSPS) is 28.8. The molecule has 0 amide bonds. The second-order valence-corrected chi connectivity index (χ2v) is 4.02. The summed E-state index contributed by atoms with van der Waals surface area (Å²) >= 11 is 1.90. The highest BCUT2D eigenvalue weighted by molar-refractivity contribution is 8.00. The summed E-state index contributed by atoms with van der Waals surface area (Å²) in [6, 6.07) is 0. The highest BCUT2D eigenvalue weighted by Gasteiger charge is 2.22. The van der Waals surface area contributed by atoms with Gasteiger partial charge >= 0.3 is 0 Å². The summed E-state index contributed by atoms with van der Waals surface area (Å²) in [6.45, 7) is 0.734. The largest absolute Gasteiger partial charge is 0.391 e. The summed E-state index contributed by atoms with van der Waals surface area (Å²) in [5.41, 5.74) is 0. The number of nitrogens with one attached hydrogen (secondary N) is 1. The zero-order valence-corrected chi connectivity index (χ0v) is 7.16. The molecule has 1 heterocycles. The van der Waals surface area contributed by atoms with Gasteiger partial charge in [0.05, 0.1) is 6.10 Å². The van der Waals surface area contributed by atoms with Gasteiger partial charge in [-0.3, -0.25) is 0 Å². The lowest BCUT2D eigenvalue weighted by atomic mass is 10.1. The molecule has 1 saturated heterocycles. The summed E-state index contributed by atoms with van der Waals surface area (Å²) in [7, 11) is 1.88. The fraction of sp³-hybridized carbons (Fsp3) is 1.00. The Hall–Kier alpha value is 0.270. The number of likely N-dealkylation sites (N-methyl/N-ethyl adjacent to an activating group) is 1. The molecule has 0 radical (unpaired) electrons. The van der Waals surface area contributed by atoms with E-state index in [0.717, 1.165) is 6.54 Å². The molecule has 0 aromatic heterocycles. The number of thioether (sulfide) groups is 1. The number of hydrogen-bond acceptors (Lipinski definition) is 3. The maximum Gasteiger partial charge on any atom is 0.0782 e. The van der Waals surface area contributed by atoms with Gasteiger partial charge in [0.1, 0.15) is 0 Å². The van der Waals surface area contributed by atoms with Crippen LogP contribution in [0.1, 0.15) is 12.8 Å². The minimum Gasteiger partial charge on any atom is -0.391 e. The van der Waals surface area contributed by atoms with Crippen LogP contribution in [0.4, 0.5) is 0 Å². The van der Waals surface area contributed by atoms with Gasteiger partial charge in [-0.2, -0.15) is 11.8 Å². The van der Waals surface area contributed by atoms with Crippen molar-refractivity contribution >= 4 is 11.8 Å². The van der Waals surface area contributed by atoms with Gasteiger partial charge in [-0.25, -0.2) is 0 Å². The predicted octanol–water partition coefficient (Wildman–Crippen LogP) is 0.462. The van der Waals surface area contributed by atoms with Crippen LogP contribution in [0.5, 0.6) is 0 Å². The van der Waals surface area contributed by atoms with E-state index in [1.165, 1.54) is 18.6 Å². The molecule has 0 spiro atoms. The molecule has 1 fully saturated rings. The first-order valence-corrected chi connectivity index (χ1v) is 4.83. The SMILES string of the molecule is CNCC(O)C1CCCS1. The fourth-order valence-electron chi connectivity index (χ4n) is 1.25. The van der Waals surface area contributed by atoms with Crippen molar-refractivity contribution < 1.29 is 5.11 Å². The van der Waals surface area contributed by atoms with Crippen molar-refractivity contribution in [3.05, 3.63) is 0 Å². The molecule has 1 aliphatic rings. The first-order valence-electron chi connectivity index (χ1n) is 3.79. The Morgan fingerprint density at radius 1 is 1.80 bits per heavy atom. The van der Waals surface area contributed by atoms with Crippen molar-refractivity contribution in [1.82, 2.24) is 5.32 Å². The molecule has 0 saturated carbocycles. The van der Waals surface area contributed by atoms with Crippen LogP contribution in [0.25, 0.3) is 0 Å². The van der Waals surface area contributed by atoms with E-state index >= 15 is 0 Å². The van der Waals surface area contributed by atoms with Crippen LogP contribution in [0, 0.1) is 0 Å². The Bertz CT molecular complexity index is 93.6. The lowest BCUT2D eigenvalue weighted by Crippen LogP contribution is -2.31. The van der Waals surface area contributed by atoms with Crippen LogP contribution >= 0.6 is 11.8 Å². The summed E-state index contributed by atoms with van der Waals surface area (Å²) in [5.74, 6) is 1.23. The lowest BCUT2D eigenvalue weighted by molar-refractivity contribution is 0.170. The molecule has 2 N–H and O–H groups in total. The van der Waals surface area contributed by atoms with Gasteiger partial charge in [0.15, 0.2) is 0 Å². The van der Waals surface area contributed by atoms with Crippen molar-refractivity contribution in [2.75, 3.05) is 19.3 Å². The van der Waals surface area contributed by atoms with Crippen LogP contribution in [-0.4, -0.2) is 35.8 Å². The third kappa shape index (κ3) is 2.15. The predicted molar refractivity (Wildman–Crippen MR) is 45.4 cm³/mol. The highest BCUT2D eigenvalue weighted by atomic mass is 32.2. The van der Waals surface area contributed by atoms with Crippen LogP contribution in [-0.2, 0) is 0 Å². The number of rotatable bonds is 3. The van der Waals surface area contributed by atoms with Gasteiger partial charge < -0.3 is 10.4 Å². The van der Waals surface area contributed by atoms with E-state index in [0.29, 0.717) is 5.25 Å². The summed E-state index contributed by atoms with van der Waals surface area (Å²) in [6.07, 6.45) is 2.32. The van der Waals surface area contributed by atoms with Gasteiger partial charge in [-0.05, 0) is 25.6 Å². The Kier molecular flexibility index (Phi) is 3.52. The molecule has 0 aromatic rings. The lowest BCUT2D eigenvalue weighted by Gasteiger charge is -2.15. The van der Waals surface area contributed by atoms with Gasteiger partial charge in [0, 0.05) is 11.8 Å². The molecule has 0 aromatic carbocycles. The monoisotopic (exact) mass is 161 g/mol. The first-order chi connectivity index (χ1) is 4.84. The topological polar surface area (TPSA) is 32.3 Å². The van der Waals surface area contributed by atoms with E-state index < -0.39 is 0 Å². The van der Waals surface area contributed by atoms with E-state index in [-0.39, 0.29) is 6.10 Å². The highest BCUT2D eigenvalue weighted by Crippen LogP contribution is 2.28. The van der Waals surface area contributed by atoms with Crippen LogP contribution in [0.15, 0.2) is 0 Å². The maximum atomic E-state index is 9.47. The molecule has 0 bridgehead atoms. The molecule has 1 rings (SSSR count). The van der Waals surface area contributed by atoms with E-state index in [9.17, 15) is 5.11 Å². The van der Waals surface area contributed by atoms with Crippen molar-refractivity contribution in [2.24, 2.45) is 0 Å². The standard InChI is InChI=1S/C7H15NOS/c1-8-5-6(9)7-3-2-4-10-7/h6-9H,2-5H2,1H3. The zero-order chi connectivity index (χ0) is 7.40. The summed E-state index contributed by atoms with van der Waals surface area (Å²) < 4.78 is 0. The molecule has 2 atom stereocenters. The van der Waals surface area contributed by atoms with Crippen LogP contribution < -0.4 is 5.32 Å². The van der Waals surface area contributed by atoms with Gasteiger partial charge in [-0.15, -0.1) is 0 Å². The van der Waals surface area contributed by atoms with Crippen molar-refractivity contribution in [3.63, 3.8) is 0 Å². The molecule has 1 aliphatic heterocycles. The second kappa shape index (κ2) is 4.21. The van der Waals surface area contributed by atoms with E-state index in [1.54, 1.807) is 0 Å². The van der Waals surface area contributed by atoms with Gasteiger partial charge in [-0.1, -0.05) is 0 Å². The van der Waals surface area contributed by atoms with E-state index in [2.05, 4.69) is 5.32 Å². The Morgan fingerprint density at radius 2 is 2.60 bits per heavy atom. The molecule has 60 valence electrons.